The summed E-state index contributed by atoms with van der Waals surface area (Å²) in [5.74, 6) is -0.541. The lowest BCUT2D eigenvalue weighted by molar-refractivity contribution is 0.0517. The number of fused-ring (bicyclic) bond motifs is 1. The third kappa shape index (κ3) is 3.96. The van der Waals surface area contributed by atoms with Crippen LogP contribution in [0.2, 0.25) is 0 Å². The Balaban J connectivity index is 1.78. The second-order valence-electron chi connectivity index (χ2n) is 8.10. The predicted octanol–water partition coefficient (Wildman–Crippen LogP) is 3.72. The number of benzene rings is 2. The van der Waals surface area contributed by atoms with Crippen molar-refractivity contribution in [2.45, 2.75) is 45.6 Å². The van der Waals surface area contributed by atoms with Crippen LogP contribution in [0, 0.1) is 20.8 Å². The molecule has 0 atom stereocenters. The molecule has 1 aliphatic heterocycles. The monoisotopic (exact) mass is 453 g/mol. The van der Waals surface area contributed by atoms with Gasteiger partial charge >= 0.3 is 5.97 Å². The van der Waals surface area contributed by atoms with E-state index in [1.54, 1.807) is 24.6 Å². The van der Waals surface area contributed by atoms with Crippen molar-refractivity contribution in [3.05, 3.63) is 76.1 Å². The summed E-state index contributed by atoms with van der Waals surface area (Å²) in [6.07, 6.45) is 0.444. The molecule has 0 saturated carbocycles. The highest BCUT2D eigenvalue weighted by Crippen LogP contribution is 2.30. The highest BCUT2D eigenvalue weighted by atomic mass is 32.2. The van der Waals surface area contributed by atoms with E-state index in [0.717, 1.165) is 22.5 Å². The van der Waals surface area contributed by atoms with Crippen LogP contribution in [0.1, 0.15) is 45.4 Å². The first-order valence-electron chi connectivity index (χ1n) is 10.6. The van der Waals surface area contributed by atoms with Gasteiger partial charge in [0.25, 0.3) is 0 Å². The van der Waals surface area contributed by atoms with Gasteiger partial charge in [-0.3, -0.25) is 0 Å². The average molecular weight is 454 g/mol. The Morgan fingerprint density at radius 1 is 1.06 bits per heavy atom. The van der Waals surface area contributed by atoms with Gasteiger partial charge in [-0.25, -0.2) is 17.9 Å². The normalized spacial score (nSPS) is 14.2. The van der Waals surface area contributed by atoms with E-state index < -0.39 is 16.0 Å². The molecule has 0 amide bonds. The Kier molecular flexibility index (Phi) is 5.92. The molecule has 0 aliphatic carbocycles. The number of carbonyl (C=O) groups is 1. The Labute approximate surface area is 188 Å². The number of carbonyl (C=O) groups excluding carboxylic acids is 1. The number of esters is 1. The lowest BCUT2D eigenvalue weighted by Crippen LogP contribution is -2.37. The second kappa shape index (κ2) is 8.52. The number of hydrogen-bond donors (Lipinski definition) is 0. The molecular formula is C24H27N3O4S. The van der Waals surface area contributed by atoms with Gasteiger partial charge in [0.15, 0.2) is 5.69 Å². The van der Waals surface area contributed by atoms with Gasteiger partial charge in [0.05, 0.1) is 22.9 Å². The molecule has 0 saturated heterocycles. The Morgan fingerprint density at radius 3 is 2.44 bits per heavy atom. The van der Waals surface area contributed by atoms with Crippen LogP contribution in [-0.4, -0.2) is 41.6 Å². The number of aromatic nitrogens is 2. The molecule has 1 aliphatic rings. The van der Waals surface area contributed by atoms with Gasteiger partial charge in [0.1, 0.15) is 0 Å². The number of aryl methyl sites for hydroxylation is 3. The van der Waals surface area contributed by atoms with Crippen LogP contribution in [0.4, 0.5) is 0 Å². The molecule has 2 aromatic carbocycles. The van der Waals surface area contributed by atoms with Crippen molar-refractivity contribution < 1.29 is 17.9 Å². The van der Waals surface area contributed by atoms with Crippen LogP contribution in [-0.2, 0) is 27.7 Å². The summed E-state index contributed by atoms with van der Waals surface area (Å²) < 4.78 is 35.3. The van der Waals surface area contributed by atoms with Gasteiger partial charge in [-0.1, -0.05) is 29.8 Å². The van der Waals surface area contributed by atoms with Gasteiger partial charge in [-0.2, -0.15) is 9.40 Å². The SMILES string of the molecule is CCOC(=O)c1nn(-c2ccc(C)cc2)c2c1CN(S(=O)(=O)c1cc(C)ccc1C)CC2. The van der Waals surface area contributed by atoms with E-state index in [1.807, 2.05) is 50.2 Å². The highest BCUT2D eigenvalue weighted by Gasteiger charge is 2.35. The van der Waals surface area contributed by atoms with E-state index in [4.69, 9.17) is 4.74 Å². The van der Waals surface area contributed by atoms with Crippen LogP contribution in [0.15, 0.2) is 47.4 Å². The van der Waals surface area contributed by atoms with E-state index in [-0.39, 0.29) is 18.8 Å². The predicted molar refractivity (Wildman–Crippen MR) is 121 cm³/mol. The van der Waals surface area contributed by atoms with Gasteiger partial charge in [-0.05, 0) is 57.0 Å². The first-order valence-corrected chi connectivity index (χ1v) is 12.1. The summed E-state index contributed by atoms with van der Waals surface area (Å²) in [5.41, 5.74) is 5.13. The molecule has 0 N–H and O–H groups in total. The Morgan fingerprint density at radius 2 is 1.75 bits per heavy atom. The summed E-state index contributed by atoms with van der Waals surface area (Å²) in [6.45, 7) is 8.00. The molecule has 4 rings (SSSR count). The topological polar surface area (TPSA) is 81.5 Å². The lowest BCUT2D eigenvalue weighted by atomic mass is 10.1. The van der Waals surface area contributed by atoms with Crippen molar-refractivity contribution in [1.82, 2.24) is 14.1 Å². The fourth-order valence-corrected chi connectivity index (χ4v) is 5.71. The van der Waals surface area contributed by atoms with E-state index >= 15 is 0 Å². The van der Waals surface area contributed by atoms with Crippen LogP contribution in [0.3, 0.4) is 0 Å². The van der Waals surface area contributed by atoms with E-state index in [9.17, 15) is 13.2 Å². The van der Waals surface area contributed by atoms with E-state index in [2.05, 4.69) is 5.10 Å². The van der Waals surface area contributed by atoms with Crippen LogP contribution in [0.25, 0.3) is 5.69 Å². The minimum Gasteiger partial charge on any atom is -0.461 e. The number of sulfonamides is 1. The molecule has 1 aromatic heterocycles. The molecule has 0 radical (unpaired) electrons. The average Bonchev–Trinajstić information content (AvgIpc) is 3.15. The molecule has 0 spiro atoms. The third-order valence-electron chi connectivity index (χ3n) is 5.73. The molecule has 0 unspecified atom stereocenters. The minimum absolute atomic E-state index is 0.0745. The van der Waals surface area contributed by atoms with Gasteiger partial charge < -0.3 is 4.74 Å². The van der Waals surface area contributed by atoms with Gasteiger partial charge in [-0.15, -0.1) is 0 Å². The van der Waals surface area contributed by atoms with Crippen molar-refractivity contribution in [2.24, 2.45) is 0 Å². The maximum Gasteiger partial charge on any atom is 0.359 e. The summed E-state index contributed by atoms with van der Waals surface area (Å²) in [4.78, 5) is 13.0. The molecule has 0 bridgehead atoms. The highest BCUT2D eigenvalue weighted by molar-refractivity contribution is 7.89. The zero-order valence-electron chi connectivity index (χ0n) is 18.8. The number of hydrogen-bond acceptors (Lipinski definition) is 5. The molecule has 32 heavy (non-hydrogen) atoms. The van der Waals surface area contributed by atoms with E-state index in [0.29, 0.717) is 29.0 Å². The number of rotatable bonds is 5. The van der Waals surface area contributed by atoms with Crippen molar-refractivity contribution in [1.29, 1.82) is 0 Å². The Hall–Kier alpha value is -2.97. The molecule has 168 valence electrons. The quantitative estimate of drug-likeness (QED) is 0.550. The Bertz CT molecular complexity index is 1280. The van der Waals surface area contributed by atoms with Crippen LogP contribution < -0.4 is 0 Å². The summed E-state index contributed by atoms with van der Waals surface area (Å²) in [6, 6.07) is 13.3. The smallest absolute Gasteiger partial charge is 0.359 e. The lowest BCUT2D eigenvalue weighted by Gasteiger charge is -2.27. The van der Waals surface area contributed by atoms with Crippen LogP contribution in [0.5, 0.6) is 0 Å². The minimum atomic E-state index is -3.73. The summed E-state index contributed by atoms with van der Waals surface area (Å²) in [7, 11) is -3.73. The zero-order valence-corrected chi connectivity index (χ0v) is 19.6. The first kappa shape index (κ1) is 22.2. The molecule has 0 fully saturated rings. The molecule has 8 heteroatoms. The summed E-state index contributed by atoms with van der Waals surface area (Å²) >= 11 is 0. The van der Waals surface area contributed by atoms with Crippen LogP contribution >= 0.6 is 0 Å². The molecule has 3 aromatic rings. The van der Waals surface area contributed by atoms with Gasteiger partial charge in [0, 0.05) is 25.1 Å². The van der Waals surface area contributed by atoms with Gasteiger partial charge in [0.2, 0.25) is 10.0 Å². The van der Waals surface area contributed by atoms with Crippen molar-refractivity contribution >= 4 is 16.0 Å². The molecular weight excluding hydrogens is 426 g/mol. The van der Waals surface area contributed by atoms with Crippen molar-refractivity contribution in [3.63, 3.8) is 0 Å². The fourth-order valence-electron chi connectivity index (χ4n) is 3.99. The third-order valence-corrected chi connectivity index (χ3v) is 7.72. The number of nitrogens with zero attached hydrogens (tertiary/aromatic N) is 3. The fraction of sp³-hybridized carbons (Fsp3) is 0.333. The van der Waals surface area contributed by atoms with E-state index in [1.165, 1.54) is 4.31 Å². The molecule has 7 nitrogen and oxygen atoms in total. The van der Waals surface area contributed by atoms with Crippen molar-refractivity contribution in [2.75, 3.05) is 13.2 Å². The second-order valence-corrected chi connectivity index (χ2v) is 10.0. The maximum atomic E-state index is 13.5. The largest absolute Gasteiger partial charge is 0.461 e. The zero-order chi connectivity index (χ0) is 23.0. The van der Waals surface area contributed by atoms with Crippen molar-refractivity contribution in [3.8, 4) is 5.69 Å². The maximum absolute atomic E-state index is 13.5. The summed E-state index contributed by atoms with van der Waals surface area (Å²) in [5, 5.41) is 4.55. The first-order chi connectivity index (χ1) is 15.2. The molecule has 2 heterocycles. The number of ether oxygens (including phenoxy) is 1. The standard InChI is InChI=1S/C24H27N3O4S/c1-5-31-24(28)23-20-15-26(32(29,30)22-14-17(3)6-9-18(22)4)13-12-21(20)27(25-23)19-10-7-16(2)8-11-19/h6-11,14H,5,12-13,15H2,1-4H3.